The van der Waals surface area contributed by atoms with E-state index in [1.165, 1.54) is 7.11 Å². The Bertz CT molecular complexity index is 857. The molecule has 3 heterocycles. The van der Waals surface area contributed by atoms with Crippen molar-refractivity contribution in [1.29, 1.82) is 0 Å². The molecule has 10 heteroatoms. The van der Waals surface area contributed by atoms with E-state index in [4.69, 9.17) is 10.6 Å². The van der Waals surface area contributed by atoms with Gasteiger partial charge in [0.1, 0.15) is 18.8 Å². The Morgan fingerprint density at radius 2 is 2.18 bits per heavy atom. The number of carboxylic acid groups (broad SMARTS) is 1. The zero-order valence-electron chi connectivity index (χ0n) is 15.5. The number of nitrogens with zero attached hydrogens (tertiary/aromatic N) is 4. The minimum absolute atomic E-state index is 0.0344. The van der Waals surface area contributed by atoms with Crippen LogP contribution in [0.3, 0.4) is 0 Å². The van der Waals surface area contributed by atoms with E-state index >= 15 is 0 Å². The zero-order chi connectivity index (χ0) is 20.0. The lowest BCUT2D eigenvalue weighted by atomic mass is 9.93. The molecular formula is C18H22FN5O4. The van der Waals surface area contributed by atoms with Crippen molar-refractivity contribution in [2.45, 2.75) is 18.9 Å². The van der Waals surface area contributed by atoms with E-state index in [1.807, 2.05) is 4.90 Å². The van der Waals surface area contributed by atoms with Gasteiger partial charge in [-0.1, -0.05) is 5.16 Å². The number of carboxylic acids is 1. The van der Waals surface area contributed by atoms with Crippen molar-refractivity contribution in [3.8, 4) is 0 Å². The van der Waals surface area contributed by atoms with Crippen molar-refractivity contribution < 1.29 is 23.9 Å². The van der Waals surface area contributed by atoms with Crippen LogP contribution in [0.2, 0.25) is 0 Å². The molecule has 3 N–H and O–H groups in total. The topological polar surface area (TPSA) is 121 Å². The zero-order valence-corrected chi connectivity index (χ0v) is 15.5. The lowest BCUT2D eigenvalue weighted by Crippen LogP contribution is -2.44. The van der Waals surface area contributed by atoms with Crippen LogP contribution in [-0.2, 0) is 9.63 Å². The number of halogens is 1. The SMILES string of the molecule is CO/N=C1\CN(c2nc3c(cc2F)C(=O)C(C(=O)O)CN3C2CC2)CC1CN. The lowest BCUT2D eigenvalue weighted by molar-refractivity contribution is -0.139. The van der Waals surface area contributed by atoms with Crippen molar-refractivity contribution in [3.63, 3.8) is 0 Å². The highest BCUT2D eigenvalue weighted by Gasteiger charge is 2.44. The smallest absolute Gasteiger partial charge is 0.316 e. The number of carbonyl (C=O) groups excluding carboxylic acids is 1. The van der Waals surface area contributed by atoms with Gasteiger partial charge >= 0.3 is 5.97 Å². The Hall–Kier alpha value is -2.75. The minimum atomic E-state index is -1.20. The lowest BCUT2D eigenvalue weighted by Gasteiger charge is -2.33. The van der Waals surface area contributed by atoms with Crippen LogP contribution in [0.4, 0.5) is 16.0 Å². The average Bonchev–Trinajstić information content (AvgIpc) is 3.42. The number of anilines is 2. The summed E-state index contributed by atoms with van der Waals surface area (Å²) in [5.74, 6) is -3.25. The number of hydrogen-bond donors (Lipinski definition) is 2. The molecule has 0 spiro atoms. The van der Waals surface area contributed by atoms with Crippen molar-refractivity contribution in [3.05, 3.63) is 17.4 Å². The first-order valence-electron chi connectivity index (χ1n) is 9.23. The van der Waals surface area contributed by atoms with Gasteiger partial charge in [0.15, 0.2) is 17.4 Å². The number of aliphatic carboxylic acids is 1. The molecule has 2 unspecified atom stereocenters. The summed E-state index contributed by atoms with van der Waals surface area (Å²) in [4.78, 5) is 37.0. The molecule has 2 fully saturated rings. The number of hydrogen-bond acceptors (Lipinski definition) is 8. The highest BCUT2D eigenvalue weighted by molar-refractivity contribution is 6.13. The number of Topliss-reactive ketones (excluding diaryl/α,β-unsaturated/α-hetero) is 1. The van der Waals surface area contributed by atoms with Crippen molar-refractivity contribution in [2.75, 3.05) is 43.1 Å². The van der Waals surface area contributed by atoms with Gasteiger partial charge in [0.25, 0.3) is 0 Å². The second-order valence-electron chi connectivity index (χ2n) is 7.38. The summed E-state index contributed by atoms with van der Waals surface area (Å²) in [6.45, 7) is 1.17. The first-order chi connectivity index (χ1) is 13.4. The summed E-state index contributed by atoms with van der Waals surface area (Å²) < 4.78 is 14.9. The van der Waals surface area contributed by atoms with Crippen LogP contribution >= 0.6 is 0 Å². The van der Waals surface area contributed by atoms with Crippen LogP contribution in [0, 0.1) is 17.7 Å². The fraction of sp³-hybridized carbons (Fsp3) is 0.556. The minimum Gasteiger partial charge on any atom is -0.481 e. The van der Waals surface area contributed by atoms with Gasteiger partial charge < -0.3 is 25.5 Å². The third-order valence-electron chi connectivity index (χ3n) is 5.51. The van der Waals surface area contributed by atoms with Gasteiger partial charge in [-0.05, 0) is 18.9 Å². The van der Waals surface area contributed by atoms with Gasteiger partial charge in [0.05, 0.1) is 17.8 Å². The second-order valence-corrected chi connectivity index (χ2v) is 7.38. The maximum absolute atomic E-state index is 14.9. The molecule has 0 radical (unpaired) electrons. The van der Waals surface area contributed by atoms with Gasteiger partial charge in [-0.15, -0.1) is 0 Å². The monoisotopic (exact) mass is 391 g/mol. The number of ketones is 1. The van der Waals surface area contributed by atoms with Crippen LogP contribution in [0.15, 0.2) is 11.2 Å². The number of oxime groups is 1. The predicted octanol–water partition coefficient (Wildman–Crippen LogP) is 0.484. The number of fused-ring (bicyclic) bond motifs is 1. The summed E-state index contributed by atoms with van der Waals surface area (Å²) in [5, 5.41) is 13.4. The van der Waals surface area contributed by atoms with Crippen molar-refractivity contribution in [2.24, 2.45) is 22.7 Å². The molecule has 1 aromatic rings. The quantitative estimate of drug-likeness (QED) is 0.549. The van der Waals surface area contributed by atoms with Crippen molar-refractivity contribution in [1.82, 2.24) is 4.98 Å². The largest absolute Gasteiger partial charge is 0.481 e. The molecule has 0 amide bonds. The molecule has 150 valence electrons. The summed E-state index contributed by atoms with van der Waals surface area (Å²) in [6, 6.07) is 1.26. The highest BCUT2D eigenvalue weighted by Crippen LogP contribution is 2.39. The van der Waals surface area contributed by atoms with Crippen LogP contribution in [0.1, 0.15) is 23.2 Å². The van der Waals surface area contributed by atoms with E-state index in [0.717, 1.165) is 18.9 Å². The van der Waals surface area contributed by atoms with E-state index in [9.17, 15) is 19.1 Å². The number of carbonyl (C=O) groups is 2. The molecule has 3 aliphatic rings. The van der Waals surface area contributed by atoms with Crippen LogP contribution in [-0.4, -0.2) is 66.9 Å². The van der Waals surface area contributed by atoms with Crippen LogP contribution < -0.4 is 15.5 Å². The van der Waals surface area contributed by atoms with Crippen molar-refractivity contribution >= 4 is 29.1 Å². The van der Waals surface area contributed by atoms with E-state index in [2.05, 4.69) is 10.1 Å². The predicted molar refractivity (Wildman–Crippen MR) is 99.2 cm³/mol. The van der Waals surface area contributed by atoms with E-state index in [0.29, 0.717) is 31.2 Å². The second kappa shape index (κ2) is 7.01. The van der Waals surface area contributed by atoms with E-state index < -0.39 is 23.5 Å². The Balaban J connectivity index is 1.73. The summed E-state index contributed by atoms with van der Waals surface area (Å²) in [7, 11) is 1.44. The molecule has 0 bridgehead atoms. The molecule has 1 aromatic heterocycles. The maximum atomic E-state index is 14.9. The third kappa shape index (κ3) is 3.07. The Morgan fingerprint density at radius 3 is 2.79 bits per heavy atom. The molecule has 1 saturated carbocycles. The molecule has 2 aliphatic heterocycles. The van der Waals surface area contributed by atoms with Gasteiger partial charge in [-0.2, -0.15) is 0 Å². The number of rotatable bonds is 5. The standard InChI is InChI=1S/C18H22FN5O4/c1-28-22-14-8-23(6-9(14)5-20)17-13(19)4-11-15(25)12(18(26)27)7-24(10-2-3-10)16(11)21-17/h4,9-10,12H,2-3,5-8,20H2,1H3,(H,26,27)/b22-14+. The van der Waals surface area contributed by atoms with E-state index in [1.54, 1.807) is 4.90 Å². The Morgan fingerprint density at radius 1 is 1.43 bits per heavy atom. The average molecular weight is 391 g/mol. The fourth-order valence-corrected chi connectivity index (χ4v) is 3.90. The van der Waals surface area contributed by atoms with E-state index in [-0.39, 0.29) is 29.9 Å². The maximum Gasteiger partial charge on any atom is 0.316 e. The molecule has 9 nitrogen and oxygen atoms in total. The van der Waals surface area contributed by atoms with Crippen LogP contribution in [0.5, 0.6) is 0 Å². The number of aromatic nitrogens is 1. The van der Waals surface area contributed by atoms with Gasteiger partial charge in [-0.3, -0.25) is 9.59 Å². The van der Waals surface area contributed by atoms with Gasteiger partial charge in [-0.25, -0.2) is 9.37 Å². The molecule has 4 rings (SSSR count). The number of nitrogens with two attached hydrogens (primary N) is 1. The molecular weight excluding hydrogens is 369 g/mol. The molecule has 0 aromatic carbocycles. The number of pyridine rings is 1. The summed E-state index contributed by atoms with van der Waals surface area (Å²) >= 11 is 0. The first-order valence-corrected chi connectivity index (χ1v) is 9.23. The van der Waals surface area contributed by atoms with Crippen LogP contribution in [0.25, 0.3) is 0 Å². The molecule has 1 aliphatic carbocycles. The van der Waals surface area contributed by atoms with Gasteiger partial charge in [0, 0.05) is 31.6 Å². The Labute approximate surface area is 160 Å². The van der Waals surface area contributed by atoms with Gasteiger partial charge in [0.2, 0.25) is 0 Å². The normalized spacial score (nSPS) is 26.0. The summed E-state index contributed by atoms with van der Waals surface area (Å²) in [5.41, 5.74) is 6.54. The first kappa shape index (κ1) is 18.6. The summed E-state index contributed by atoms with van der Waals surface area (Å²) in [6.07, 6.45) is 1.80. The third-order valence-corrected chi connectivity index (χ3v) is 5.51. The molecule has 2 atom stereocenters. The highest BCUT2D eigenvalue weighted by atomic mass is 19.1. The molecule has 1 saturated heterocycles. The Kier molecular flexibility index (Phi) is 4.66. The fourth-order valence-electron chi connectivity index (χ4n) is 3.90. The molecule has 28 heavy (non-hydrogen) atoms.